The van der Waals surface area contributed by atoms with E-state index < -0.39 is 0 Å². The molecule has 1 aliphatic rings. The van der Waals surface area contributed by atoms with Crippen LogP contribution in [0.1, 0.15) is 44.9 Å². The second kappa shape index (κ2) is 7.60. The van der Waals surface area contributed by atoms with Crippen LogP contribution in [0.5, 0.6) is 5.75 Å². The van der Waals surface area contributed by atoms with Gasteiger partial charge in [0.15, 0.2) is 5.78 Å². The number of phenolic OH excluding ortho intramolecular Hbond substituents is 1. The number of aryl methyl sites for hydroxylation is 1. The summed E-state index contributed by atoms with van der Waals surface area (Å²) in [5.74, 6) is 0.667. The van der Waals surface area contributed by atoms with Crippen molar-refractivity contribution in [3.8, 4) is 16.2 Å². The van der Waals surface area contributed by atoms with Crippen LogP contribution in [0.25, 0.3) is 10.4 Å². The Morgan fingerprint density at radius 3 is 2.68 bits per heavy atom. The molecule has 0 atom stereocenters. The Hall–Kier alpha value is -2.92. The number of amides is 1. The average molecular weight is 391 g/mol. The first-order valence-corrected chi connectivity index (χ1v) is 10.2. The SMILES string of the molecule is Cc1ccc(C(=O)CC2CC2)cc1NC(=O)c1ccc(-c2cccc(O)c2)s1. The third-order valence-electron chi connectivity index (χ3n) is 4.94. The molecule has 4 nitrogen and oxygen atoms in total. The number of rotatable bonds is 6. The fourth-order valence-corrected chi connectivity index (χ4v) is 3.99. The van der Waals surface area contributed by atoms with Crippen LogP contribution in [0.3, 0.4) is 0 Å². The zero-order valence-electron chi connectivity index (χ0n) is 15.6. The molecule has 1 heterocycles. The third-order valence-corrected chi connectivity index (χ3v) is 6.07. The number of carbonyl (C=O) groups is 2. The van der Waals surface area contributed by atoms with E-state index in [0.29, 0.717) is 28.5 Å². The molecule has 0 radical (unpaired) electrons. The molecule has 0 aliphatic heterocycles. The van der Waals surface area contributed by atoms with Crippen molar-refractivity contribution in [2.24, 2.45) is 5.92 Å². The highest BCUT2D eigenvalue weighted by atomic mass is 32.1. The highest BCUT2D eigenvalue weighted by molar-refractivity contribution is 7.17. The molecule has 1 aromatic heterocycles. The van der Waals surface area contributed by atoms with Crippen LogP contribution in [-0.4, -0.2) is 16.8 Å². The molecular formula is C23H21NO3S. The van der Waals surface area contributed by atoms with Crippen LogP contribution in [0.15, 0.2) is 54.6 Å². The largest absolute Gasteiger partial charge is 0.508 e. The van der Waals surface area contributed by atoms with Gasteiger partial charge < -0.3 is 10.4 Å². The van der Waals surface area contributed by atoms with Crippen LogP contribution >= 0.6 is 11.3 Å². The number of ketones is 1. The van der Waals surface area contributed by atoms with Gasteiger partial charge in [0.2, 0.25) is 0 Å². The first kappa shape index (κ1) is 18.4. The van der Waals surface area contributed by atoms with E-state index in [9.17, 15) is 14.7 Å². The van der Waals surface area contributed by atoms with Crippen molar-refractivity contribution >= 4 is 28.7 Å². The molecule has 2 N–H and O–H groups in total. The summed E-state index contributed by atoms with van der Waals surface area (Å²) in [4.78, 5) is 26.6. The lowest BCUT2D eigenvalue weighted by Gasteiger charge is -2.10. The van der Waals surface area contributed by atoms with Crippen molar-refractivity contribution in [3.63, 3.8) is 0 Å². The van der Waals surface area contributed by atoms with Gasteiger partial charge in [-0.3, -0.25) is 9.59 Å². The number of hydrogen-bond acceptors (Lipinski definition) is 4. The Bertz CT molecular complexity index is 1050. The molecule has 1 saturated carbocycles. The fourth-order valence-electron chi connectivity index (χ4n) is 3.09. The molecule has 3 aromatic rings. The molecular weight excluding hydrogens is 370 g/mol. The van der Waals surface area contributed by atoms with Crippen LogP contribution in [-0.2, 0) is 0 Å². The van der Waals surface area contributed by atoms with Gasteiger partial charge in [-0.2, -0.15) is 0 Å². The summed E-state index contributed by atoms with van der Waals surface area (Å²) < 4.78 is 0. The molecule has 2 aromatic carbocycles. The summed E-state index contributed by atoms with van der Waals surface area (Å²) in [6, 6.07) is 16.1. The second-order valence-electron chi connectivity index (χ2n) is 7.27. The van der Waals surface area contributed by atoms with E-state index in [1.54, 1.807) is 30.3 Å². The summed E-state index contributed by atoms with van der Waals surface area (Å²) in [6.07, 6.45) is 2.87. The molecule has 0 saturated heterocycles. The Balaban J connectivity index is 1.51. The van der Waals surface area contributed by atoms with Gasteiger partial charge in [-0.05, 0) is 67.1 Å². The number of phenols is 1. The molecule has 1 amide bonds. The van der Waals surface area contributed by atoms with Gasteiger partial charge in [-0.15, -0.1) is 11.3 Å². The lowest BCUT2D eigenvalue weighted by molar-refractivity contribution is 0.0974. The van der Waals surface area contributed by atoms with Gasteiger partial charge in [0.25, 0.3) is 5.91 Å². The molecule has 1 fully saturated rings. The van der Waals surface area contributed by atoms with Crippen molar-refractivity contribution in [2.75, 3.05) is 5.32 Å². The minimum atomic E-state index is -0.203. The number of nitrogens with one attached hydrogen (secondary N) is 1. The number of Topliss-reactive ketones (excluding diaryl/α,β-unsaturated/α-hetero) is 1. The summed E-state index contributed by atoms with van der Waals surface area (Å²) >= 11 is 1.36. The first-order chi connectivity index (χ1) is 13.5. The number of benzene rings is 2. The molecule has 28 heavy (non-hydrogen) atoms. The number of hydrogen-bond donors (Lipinski definition) is 2. The zero-order chi connectivity index (χ0) is 19.7. The van der Waals surface area contributed by atoms with E-state index in [1.165, 1.54) is 11.3 Å². The van der Waals surface area contributed by atoms with Gasteiger partial charge in [-0.1, -0.05) is 24.3 Å². The van der Waals surface area contributed by atoms with Crippen molar-refractivity contribution in [1.29, 1.82) is 0 Å². The van der Waals surface area contributed by atoms with E-state index in [2.05, 4.69) is 5.32 Å². The topological polar surface area (TPSA) is 66.4 Å². The van der Waals surface area contributed by atoms with Crippen LogP contribution in [0.4, 0.5) is 5.69 Å². The van der Waals surface area contributed by atoms with E-state index in [4.69, 9.17) is 0 Å². The highest BCUT2D eigenvalue weighted by Gasteiger charge is 2.25. The Morgan fingerprint density at radius 2 is 1.93 bits per heavy atom. The van der Waals surface area contributed by atoms with Crippen LogP contribution < -0.4 is 5.32 Å². The van der Waals surface area contributed by atoms with E-state index >= 15 is 0 Å². The molecule has 5 heteroatoms. The molecule has 4 rings (SSSR count). The van der Waals surface area contributed by atoms with Crippen molar-refractivity contribution in [3.05, 3.63) is 70.6 Å². The average Bonchev–Trinajstić information content (AvgIpc) is 3.34. The normalized spacial score (nSPS) is 13.3. The van der Waals surface area contributed by atoms with Crippen LogP contribution in [0.2, 0.25) is 0 Å². The lowest BCUT2D eigenvalue weighted by atomic mass is 10.0. The van der Waals surface area contributed by atoms with E-state index in [-0.39, 0.29) is 17.4 Å². The standard InChI is InChI=1S/C23H21NO3S/c1-14-5-8-16(20(26)11-15-6-7-15)13-19(14)24-23(27)22-10-9-21(28-22)17-3-2-4-18(25)12-17/h2-5,8-10,12-13,15,25H,6-7,11H2,1H3,(H,24,27). The Morgan fingerprint density at radius 1 is 1.11 bits per heavy atom. The minimum absolute atomic E-state index is 0.139. The van der Waals surface area contributed by atoms with Gasteiger partial charge in [0.05, 0.1) is 4.88 Å². The maximum absolute atomic E-state index is 12.7. The van der Waals surface area contributed by atoms with Gasteiger partial charge in [-0.25, -0.2) is 0 Å². The van der Waals surface area contributed by atoms with E-state index in [1.807, 2.05) is 31.2 Å². The number of aromatic hydroxyl groups is 1. The van der Waals surface area contributed by atoms with Crippen molar-refractivity contribution in [1.82, 2.24) is 0 Å². The van der Waals surface area contributed by atoms with Crippen molar-refractivity contribution < 1.29 is 14.7 Å². The summed E-state index contributed by atoms with van der Waals surface area (Å²) in [5.41, 5.74) is 3.10. The first-order valence-electron chi connectivity index (χ1n) is 9.34. The monoisotopic (exact) mass is 391 g/mol. The fraction of sp³-hybridized carbons (Fsp3) is 0.217. The molecule has 142 valence electrons. The maximum Gasteiger partial charge on any atom is 0.265 e. The summed E-state index contributed by atoms with van der Waals surface area (Å²) in [7, 11) is 0. The Labute approximate surface area is 167 Å². The minimum Gasteiger partial charge on any atom is -0.508 e. The quantitative estimate of drug-likeness (QED) is 0.533. The van der Waals surface area contributed by atoms with Crippen molar-refractivity contribution in [2.45, 2.75) is 26.2 Å². The Kier molecular flexibility index (Phi) is 5.01. The molecule has 0 spiro atoms. The predicted molar refractivity (Wildman–Crippen MR) is 112 cm³/mol. The maximum atomic E-state index is 12.7. The molecule has 1 aliphatic carbocycles. The number of thiophene rings is 1. The van der Waals surface area contributed by atoms with Gasteiger partial charge in [0, 0.05) is 22.5 Å². The van der Waals surface area contributed by atoms with Crippen LogP contribution in [0, 0.1) is 12.8 Å². The highest BCUT2D eigenvalue weighted by Crippen LogP contribution is 2.34. The third kappa shape index (κ3) is 4.15. The summed E-state index contributed by atoms with van der Waals surface area (Å²) in [6.45, 7) is 1.91. The zero-order valence-corrected chi connectivity index (χ0v) is 16.4. The second-order valence-corrected chi connectivity index (χ2v) is 8.35. The lowest BCUT2D eigenvalue weighted by Crippen LogP contribution is -2.12. The summed E-state index contributed by atoms with van der Waals surface area (Å²) in [5, 5.41) is 12.6. The number of carbonyl (C=O) groups excluding carboxylic acids is 2. The van der Waals surface area contributed by atoms with E-state index in [0.717, 1.165) is 28.8 Å². The number of anilines is 1. The predicted octanol–water partition coefficient (Wildman–Crippen LogP) is 5.66. The molecule has 0 bridgehead atoms. The molecule has 0 unspecified atom stereocenters. The van der Waals surface area contributed by atoms with Gasteiger partial charge in [0.1, 0.15) is 5.75 Å². The van der Waals surface area contributed by atoms with Gasteiger partial charge >= 0.3 is 0 Å². The smallest absolute Gasteiger partial charge is 0.265 e.